The van der Waals surface area contributed by atoms with Gasteiger partial charge in [0, 0.05) is 0 Å². The zero-order valence-corrected chi connectivity index (χ0v) is 12.6. The van der Waals surface area contributed by atoms with Gasteiger partial charge in [0.1, 0.15) is 0 Å². The molecule has 4 nitrogen and oxygen atoms in total. The van der Waals surface area contributed by atoms with E-state index in [0.717, 1.165) is 32.1 Å². The minimum Gasteiger partial charge on any atom is -0.367 e. The highest BCUT2D eigenvalue weighted by atomic mass is 16.6. The molecule has 5 unspecified atom stereocenters. The summed E-state index contributed by atoms with van der Waals surface area (Å²) in [7, 11) is 0. The summed E-state index contributed by atoms with van der Waals surface area (Å²) in [4.78, 5) is 5.41. The second-order valence-corrected chi connectivity index (χ2v) is 7.57. The fourth-order valence-electron chi connectivity index (χ4n) is 3.72. The molecule has 3 rings (SSSR count). The lowest BCUT2D eigenvalue weighted by Crippen LogP contribution is -2.43. The first-order chi connectivity index (χ1) is 8.79. The molecule has 0 aromatic rings. The van der Waals surface area contributed by atoms with Crippen LogP contribution in [0.2, 0.25) is 0 Å². The Morgan fingerprint density at radius 3 is 2.53 bits per heavy atom. The van der Waals surface area contributed by atoms with Gasteiger partial charge in [0.25, 0.3) is 0 Å². The Balaban J connectivity index is 1.56. The molecule has 0 radical (unpaired) electrons. The van der Waals surface area contributed by atoms with Crippen molar-refractivity contribution in [2.24, 2.45) is 11.8 Å². The quantitative estimate of drug-likeness (QED) is 0.615. The van der Waals surface area contributed by atoms with Gasteiger partial charge in [0.2, 0.25) is 0 Å². The van der Waals surface area contributed by atoms with Crippen molar-refractivity contribution in [3.8, 4) is 0 Å². The smallest absolute Gasteiger partial charge is 0.0920 e. The first-order valence-electron chi connectivity index (χ1n) is 7.53. The van der Waals surface area contributed by atoms with Gasteiger partial charge in [-0.1, -0.05) is 0 Å². The zero-order chi connectivity index (χ0) is 13.9. The van der Waals surface area contributed by atoms with Crippen LogP contribution in [0.3, 0.4) is 0 Å². The van der Waals surface area contributed by atoms with Crippen molar-refractivity contribution < 1.29 is 14.3 Å². The van der Waals surface area contributed by atoms with Crippen LogP contribution < -0.4 is 5.90 Å². The van der Waals surface area contributed by atoms with Gasteiger partial charge in [-0.05, 0) is 65.7 Å². The average molecular weight is 269 g/mol. The van der Waals surface area contributed by atoms with Crippen LogP contribution in [-0.4, -0.2) is 29.0 Å². The number of fused-ring (bicyclic) bond motifs is 1. The summed E-state index contributed by atoms with van der Waals surface area (Å²) >= 11 is 0. The van der Waals surface area contributed by atoms with Crippen molar-refractivity contribution in [3.63, 3.8) is 0 Å². The summed E-state index contributed by atoms with van der Waals surface area (Å²) < 4.78 is 11.4. The Morgan fingerprint density at radius 1 is 1.32 bits per heavy atom. The number of hydrogen-bond acceptors (Lipinski definition) is 4. The highest BCUT2D eigenvalue weighted by molar-refractivity contribution is 5.07. The number of epoxide rings is 2. The summed E-state index contributed by atoms with van der Waals surface area (Å²) in [6.45, 7) is 8.65. The lowest BCUT2D eigenvalue weighted by molar-refractivity contribution is -0.0928. The van der Waals surface area contributed by atoms with Crippen molar-refractivity contribution in [1.29, 1.82) is 0 Å². The van der Waals surface area contributed by atoms with E-state index >= 15 is 0 Å². The van der Waals surface area contributed by atoms with Crippen LogP contribution >= 0.6 is 0 Å². The molecule has 0 aromatic carbocycles. The highest BCUT2D eigenvalue weighted by Crippen LogP contribution is 2.53. The zero-order valence-electron chi connectivity index (χ0n) is 12.6. The molecule has 3 aliphatic rings. The molecule has 1 aliphatic carbocycles. The Labute approximate surface area is 115 Å². The van der Waals surface area contributed by atoms with E-state index in [1.165, 1.54) is 0 Å². The van der Waals surface area contributed by atoms with E-state index in [1.807, 2.05) is 0 Å². The maximum Gasteiger partial charge on any atom is 0.0920 e. The standard InChI is InChI=1S/C15H27NO3/c1-13(2)11(17-13)6-8-14(3,19-16)10-5-7-15(4)12(9-10)18-15/h10-12H,5-9,16H2,1-4H3. The van der Waals surface area contributed by atoms with Gasteiger partial charge in [-0.25, -0.2) is 5.90 Å². The van der Waals surface area contributed by atoms with Crippen molar-refractivity contribution in [1.82, 2.24) is 0 Å². The van der Waals surface area contributed by atoms with Crippen LogP contribution in [0.1, 0.15) is 59.8 Å². The molecule has 0 aromatic heterocycles. The topological polar surface area (TPSA) is 60.3 Å². The van der Waals surface area contributed by atoms with Crippen molar-refractivity contribution in [2.75, 3.05) is 0 Å². The Kier molecular flexibility index (Phi) is 3.03. The molecular formula is C15H27NO3. The van der Waals surface area contributed by atoms with Crippen LogP contribution in [0.15, 0.2) is 0 Å². The molecule has 5 atom stereocenters. The molecular weight excluding hydrogens is 242 g/mol. The average Bonchev–Trinajstić information content (AvgIpc) is 3.20. The molecule has 110 valence electrons. The fourth-order valence-corrected chi connectivity index (χ4v) is 3.72. The Bertz CT molecular complexity index is 372. The Hall–Kier alpha value is -0.160. The predicted octanol–water partition coefficient (Wildman–Crippen LogP) is 2.55. The summed E-state index contributed by atoms with van der Waals surface area (Å²) in [5.74, 6) is 6.12. The third-order valence-corrected chi connectivity index (χ3v) is 5.72. The second-order valence-electron chi connectivity index (χ2n) is 7.57. The normalized spacial score (nSPS) is 46.3. The van der Waals surface area contributed by atoms with Gasteiger partial charge in [-0.3, -0.25) is 4.84 Å². The first-order valence-corrected chi connectivity index (χ1v) is 7.53. The molecule has 2 heterocycles. The van der Waals surface area contributed by atoms with Gasteiger partial charge in [-0.2, -0.15) is 0 Å². The van der Waals surface area contributed by atoms with Gasteiger partial charge in [0.05, 0.1) is 29.0 Å². The van der Waals surface area contributed by atoms with Crippen molar-refractivity contribution >= 4 is 0 Å². The van der Waals surface area contributed by atoms with E-state index in [-0.39, 0.29) is 16.8 Å². The van der Waals surface area contributed by atoms with Gasteiger partial charge >= 0.3 is 0 Å². The third kappa shape index (κ3) is 2.44. The molecule has 2 N–H and O–H groups in total. The molecule has 4 heteroatoms. The number of nitrogens with two attached hydrogens (primary N) is 1. The van der Waals surface area contributed by atoms with E-state index in [2.05, 4.69) is 27.7 Å². The monoisotopic (exact) mass is 269 g/mol. The summed E-state index contributed by atoms with van der Waals surface area (Å²) in [6.07, 6.45) is 6.15. The van der Waals surface area contributed by atoms with E-state index in [1.54, 1.807) is 0 Å². The predicted molar refractivity (Wildman–Crippen MR) is 72.5 cm³/mol. The fraction of sp³-hybridized carbons (Fsp3) is 1.00. The van der Waals surface area contributed by atoms with E-state index in [9.17, 15) is 0 Å². The maximum absolute atomic E-state index is 5.79. The van der Waals surface area contributed by atoms with Crippen LogP contribution in [0.25, 0.3) is 0 Å². The molecule has 1 saturated carbocycles. The minimum absolute atomic E-state index is 0.0558. The molecule has 0 amide bonds. The summed E-state index contributed by atoms with van der Waals surface area (Å²) in [5.41, 5.74) is -0.0246. The highest BCUT2D eigenvalue weighted by Gasteiger charge is 2.58. The molecule has 2 aliphatic heterocycles. The van der Waals surface area contributed by atoms with Crippen molar-refractivity contribution in [2.45, 2.75) is 88.8 Å². The van der Waals surface area contributed by atoms with Crippen molar-refractivity contribution in [3.05, 3.63) is 0 Å². The molecule has 19 heavy (non-hydrogen) atoms. The Morgan fingerprint density at radius 2 is 2.00 bits per heavy atom. The minimum atomic E-state index is -0.241. The van der Waals surface area contributed by atoms with Gasteiger partial charge in [-0.15, -0.1) is 0 Å². The molecule has 0 spiro atoms. The largest absolute Gasteiger partial charge is 0.367 e. The molecule has 2 saturated heterocycles. The number of rotatable bonds is 5. The SMILES string of the molecule is CC1(C)OC1CCC(C)(ON)C1CCC2(C)OC2C1. The molecule has 3 fully saturated rings. The first kappa shape index (κ1) is 13.8. The second kappa shape index (κ2) is 4.17. The lowest BCUT2D eigenvalue weighted by Gasteiger charge is -2.38. The van der Waals surface area contributed by atoms with Gasteiger partial charge in [0.15, 0.2) is 0 Å². The number of ether oxygens (including phenoxy) is 2. The van der Waals surface area contributed by atoms with E-state index in [4.69, 9.17) is 20.2 Å². The summed E-state index contributed by atoms with van der Waals surface area (Å²) in [6, 6.07) is 0. The van der Waals surface area contributed by atoms with E-state index < -0.39 is 0 Å². The summed E-state index contributed by atoms with van der Waals surface area (Å²) in [5, 5.41) is 0. The van der Waals surface area contributed by atoms with Gasteiger partial charge < -0.3 is 9.47 Å². The lowest BCUT2D eigenvalue weighted by atomic mass is 9.72. The molecule has 0 bridgehead atoms. The number of hydrogen-bond donors (Lipinski definition) is 1. The van der Waals surface area contributed by atoms with Crippen LogP contribution in [0.5, 0.6) is 0 Å². The van der Waals surface area contributed by atoms with Crippen LogP contribution in [0, 0.1) is 5.92 Å². The maximum atomic E-state index is 5.79. The van der Waals surface area contributed by atoms with Crippen LogP contribution in [0.4, 0.5) is 0 Å². The third-order valence-electron chi connectivity index (χ3n) is 5.72. The van der Waals surface area contributed by atoms with Crippen LogP contribution in [-0.2, 0) is 14.3 Å². The van der Waals surface area contributed by atoms with E-state index in [0.29, 0.717) is 18.1 Å².